The number of carbonyl (C=O) groups excluding carboxylic acids is 2. The van der Waals surface area contributed by atoms with E-state index in [-0.39, 0.29) is 16.3 Å². The van der Waals surface area contributed by atoms with Crippen LogP contribution in [-0.4, -0.2) is 24.1 Å². The predicted molar refractivity (Wildman–Crippen MR) is 69.2 cm³/mol. The van der Waals surface area contributed by atoms with E-state index in [1.807, 2.05) is 0 Å². The van der Waals surface area contributed by atoms with Crippen LogP contribution in [-0.2, 0) is 9.53 Å². The monoisotopic (exact) mass is 278 g/mol. The Balaban J connectivity index is 2.66. The van der Waals surface area contributed by atoms with Crippen molar-refractivity contribution in [1.82, 2.24) is 0 Å². The normalized spacial score (nSPS) is 11.2. The first-order valence-corrected chi connectivity index (χ1v) is 5.74. The number of nitriles is 1. The Hall–Kier alpha value is -2.19. The fourth-order valence-electron chi connectivity index (χ4n) is 1.33. The number of Topliss-reactive ketones (excluding diaryl/α,β-unsaturated/α-hetero) is 1. The van der Waals surface area contributed by atoms with Crippen molar-refractivity contribution in [2.45, 2.75) is 6.92 Å². The van der Waals surface area contributed by atoms with Gasteiger partial charge in [0.05, 0.1) is 16.7 Å². The fourth-order valence-corrected chi connectivity index (χ4v) is 1.55. The van der Waals surface area contributed by atoms with Gasteiger partial charge in [0.15, 0.2) is 12.4 Å². The SMILES string of the molecule is CC(=N)C(C#N)C(=O)COC(=O)c1ccccc1Cl. The van der Waals surface area contributed by atoms with Crippen LogP contribution in [0.3, 0.4) is 0 Å². The van der Waals surface area contributed by atoms with Crippen LogP contribution in [0.5, 0.6) is 0 Å². The molecule has 6 heteroatoms. The van der Waals surface area contributed by atoms with Crippen molar-refractivity contribution in [1.29, 1.82) is 10.7 Å². The second kappa shape index (κ2) is 6.66. The molecule has 19 heavy (non-hydrogen) atoms. The highest BCUT2D eigenvalue weighted by molar-refractivity contribution is 6.33. The number of hydrogen-bond acceptors (Lipinski definition) is 5. The molecule has 1 N–H and O–H groups in total. The van der Waals surface area contributed by atoms with Crippen molar-refractivity contribution in [3.05, 3.63) is 34.9 Å². The molecule has 1 aromatic rings. The van der Waals surface area contributed by atoms with Crippen molar-refractivity contribution in [2.75, 3.05) is 6.61 Å². The van der Waals surface area contributed by atoms with E-state index in [9.17, 15) is 9.59 Å². The summed E-state index contributed by atoms with van der Waals surface area (Å²) in [7, 11) is 0. The fraction of sp³-hybridized carbons (Fsp3) is 0.231. The first-order chi connectivity index (χ1) is 8.97. The summed E-state index contributed by atoms with van der Waals surface area (Å²) < 4.78 is 4.78. The summed E-state index contributed by atoms with van der Waals surface area (Å²) >= 11 is 5.80. The summed E-state index contributed by atoms with van der Waals surface area (Å²) in [6.45, 7) is 0.792. The molecular weight excluding hydrogens is 268 g/mol. The third kappa shape index (κ3) is 3.90. The number of rotatable bonds is 5. The van der Waals surface area contributed by atoms with Crippen LogP contribution >= 0.6 is 11.6 Å². The van der Waals surface area contributed by atoms with Crippen LogP contribution in [0, 0.1) is 22.7 Å². The Kier molecular flexibility index (Phi) is 5.22. The lowest BCUT2D eigenvalue weighted by Crippen LogP contribution is -2.25. The molecule has 0 amide bonds. The number of benzene rings is 1. The van der Waals surface area contributed by atoms with Crippen LogP contribution in [0.15, 0.2) is 24.3 Å². The van der Waals surface area contributed by atoms with Crippen LogP contribution in [0.4, 0.5) is 0 Å². The van der Waals surface area contributed by atoms with Gasteiger partial charge in [-0.25, -0.2) is 4.79 Å². The summed E-state index contributed by atoms with van der Waals surface area (Å²) in [4.78, 5) is 23.2. The van der Waals surface area contributed by atoms with E-state index >= 15 is 0 Å². The highest BCUT2D eigenvalue weighted by Crippen LogP contribution is 2.16. The van der Waals surface area contributed by atoms with Crippen molar-refractivity contribution in [3.63, 3.8) is 0 Å². The number of carbonyl (C=O) groups is 2. The summed E-state index contributed by atoms with van der Waals surface area (Å²) in [6.07, 6.45) is 0. The smallest absolute Gasteiger partial charge is 0.340 e. The molecule has 5 nitrogen and oxygen atoms in total. The zero-order chi connectivity index (χ0) is 14.4. The van der Waals surface area contributed by atoms with E-state index < -0.39 is 24.3 Å². The molecule has 0 heterocycles. The average molecular weight is 279 g/mol. The number of hydrogen-bond donors (Lipinski definition) is 1. The Morgan fingerprint density at radius 2 is 2.11 bits per heavy atom. The van der Waals surface area contributed by atoms with Crippen molar-refractivity contribution >= 4 is 29.1 Å². The van der Waals surface area contributed by atoms with Gasteiger partial charge in [0.25, 0.3) is 0 Å². The van der Waals surface area contributed by atoms with Gasteiger partial charge in [-0.2, -0.15) is 5.26 Å². The number of nitrogens with one attached hydrogen (secondary N) is 1. The highest BCUT2D eigenvalue weighted by atomic mass is 35.5. The second-order valence-corrected chi connectivity index (χ2v) is 4.17. The maximum absolute atomic E-state index is 11.7. The lowest BCUT2D eigenvalue weighted by Gasteiger charge is -2.08. The molecular formula is C13H11ClN2O3. The van der Waals surface area contributed by atoms with Gasteiger partial charge in [0, 0.05) is 5.71 Å². The standard InChI is InChI=1S/C13H11ClN2O3/c1-8(16)10(6-15)12(17)7-19-13(18)9-4-2-3-5-11(9)14/h2-5,10,16H,7H2,1H3. The van der Waals surface area contributed by atoms with Gasteiger partial charge in [0.2, 0.25) is 0 Å². The largest absolute Gasteiger partial charge is 0.454 e. The van der Waals surface area contributed by atoms with E-state index in [2.05, 4.69) is 0 Å². The van der Waals surface area contributed by atoms with Crippen LogP contribution in [0.25, 0.3) is 0 Å². The second-order valence-electron chi connectivity index (χ2n) is 3.77. The Bertz CT molecular complexity index is 563. The number of ether oxygens (including phenoxy) is 1. The summed E-state index contributed by atoms with van der Waals surface area (Å²) in [5, 5.41) is 16.2. The van der Waals surface area contributed by atoms with Gasteiger partial charge in [-0.1, -0.05) is 23.7 Å². The average Bonchev–Trinajstić information content (AvgIpc) is 2.37. The minimum Gasteiger partial charge on any atom is -0.454 e. The molecule has 0 aliphatic rings. The third-order valence-electron chi connectivity index (χ3n) is 2.32. The molecule has 1 rings (SSSR count). The summed E-state index contributed by atoms with van der Waals surface area (Å²) in [5.74, 6) is -2.55. The highest BCUT2D eigenvalue weighted by Gasteiger charge is 2.22. The van der Waals surface area contributed by atoms with E-state index in [0.717, 1.165) is 0 Å². The zero-order valence-electron chi connectivity index (χ0n) is 10.1. The lowest BCUT2D eigenvalue weighted by molar-refractivity contribution is -0.122. The van der Waals surface area contributed by atoms with Gasteiger partial charge in [-0.15, -0.1) is 0 Å². The minimum absolute atomic E-state index is 0.0821. The molecule has 0 saturated carbocycles. The van der Waals surface area contributed by atoms with Crippen molar-refractivity contribution < 1.29 is 14.3 Å². The maximum Gasteiger partial charge on any atom is 0.340 e. The Labute approximate surface area is 115 Å². The number of esters is 1. The molecule has 1 aromatic carbocycles. The molecule has 0 bridgehead atoms. The molecule has 0 fully saturated rings. The third-order valence-corrected chi connectivity index (χ3v) is 2.65. The minimum atomic E-state index is -1.18. The van der Waals surface area contributed by atoms with Gasteiger partial charge in [-0.3, -0.25) is 4.79 Å². The molecule has 0 spiro atoms. The summed E-state index contributed by atoms with van der Waals surface area (Å²) in [5.41, 5.74) is 0.0679. The van der Waals surface area contributed by atoms with Gasteiger partial charge >= 0.3 is 5.97 Å². The zero-order valence-corrected chi connectivity index (χ0v) is 10.9. The van der Waals surface area contributed by atoms with Crippen molar-refractivity contribution in [3.8, 4) is 6.07 Å². The summed E-state index contributed by atoms with van der Waals surface area (Å²) in [6, 6.07) is 7.96. The van der Waals surface area contributed by atoms with Crippen LogP contribution in [0.2, 0.25) is 5.02 Å². The number of nitrogens with zero attached hydrogens (tertiary/aromatic N) is 1. The molecule has 0 aromatic heterocycles. The lowest BCUT2D eigenvalue weighted by atomic mass is 10.0. The maximum atomic E-state index is 11.7. The van der Waals surface area contributed by atoms with E-state index in [1.165, 1.54) is 19.1 Å². The van der Waals surface area contributed by atoms with Gasteiger partial charge < -0.3 is 10.1 Å². The molecule has 98 valence electrons. The molecule has 1 unspecified atom stereocenters. The van der Waals surface area contributed by atoms with Gasteiger partial charge in [-0.05, 0) is 19.1 Å². The van der Waals surface area contributed by atoms with E-state index in [0.29, 0.717) is 0 Å². The molecule has 1 atom stereocenters. The molecule has 0 aliphatic heterocycles. The van der Waals surface area contributed by atoms with Crippen LogP contribution in [0.1, 0.15) is 17.3 Å². The first-order valence-electron chi connectivity index (χ1n) is 5.36. The predicted octanol–water partition coefficient (Wildman–Crippen LogP) is 2.25. The first kappa shape index (κ1) is 14.9. The molecule has 0 radical (unpaired) electrons. The molecule has 0 saturated heterocycles. The quantitative estimate of drug-likeness (QED) is 0.660. The molecule has 0 aliphatic carbocycles. The topological polar surface area (TPSA) is 91.0 Å². The Morgan fingerprint density at radius 1 is 1.47 bits per heavy atom. The van der Waals surface area contributed by atoms with E-state index in [4.69, 9.17) is 27.0 Å². The van der Waals surface area contributed by atoms with Crippen LogP contribution < -0.4 is 0 Å². The van der Waals surface area contributed by atoms with E-state index in [1.54, 1.807) is 18.2 Å². The number of halogens is 1. The Morgan fingerprint density at radius 3 is 2.63 bits per heavy atom. The number of ketones is 1. The van der Waals surface area contributed by atoms with Crippen molar-refractivity contribution in [2.24, 2.45) is 5.92 Å². The van der Waals surface area contributed by atoms with Gasteiger partial charge in [0.1, 0.15) is 5.92 Å².